The maximum atomic E-state index is 12.1. The number of methoxy groups -OCH3 is 1. The molecule has 0 aliphatic carbocycles. The van der Waals surface area contributed by atoms with Crippen molar-refractivity contribution < 1.29 is 9.53 Å². The van der Waals surface area contributed by atoms with Crippen LogP contribution in [0.1, 0.15) is 5.56 Å². The number of hydrogen-bond acceptors (Lipinski definition) is 5. The Hall–Kier alpha value is -3.03. The normalized spacial score (nSPS) is 10.7. The van der Waals surface area contributed by atoms with Gasteiger partial charge in [0.25, 0.3) is 0 Å². The highest BCUT2D eigenvalue weighted by Crippen LogP contribution is 2.23. The summed E-state index contributed by atoms with van der Waals surface area (Å²) in [6.45, 7) is 1.86. The Bertz CT molecular complexity index is 849. The molecule has 2 heterocycles. The van der Waals surface area contributed by atoms with Crippen molar-refractivity contribution in [2.75, 3.05) is 26.8 Å². The quantitative estimate of drug-likeness (QED) is 0.565. The number of nitrogens with zero attached hydrogens (tertiary/aromatic N) is 3. The summed E-state index contributed by atoms with van der Waals surface area (Å²) >= 11 is 0. The molecule has 0 atom stereocenters. The number of amides is 1. The van der Waals surface area contributed by atoms with E-state index in [2.05, 4.69) is 15.6 Å². The first-order valence-corrected chi connectivity index (χ1v) is 8.78. The van der Waals surface area contributed by atoms with E-state index in [1.165, 1.54) is 0 Å². The molecule has 0 unspecified atom stereocenters. The number of carbonyl (C=O) groups excluding carboxylic acids is 1. The number of carbonyl (C=O) groups is 1. The minimum Gasteiger partial charge on any atom is -0.383 e. The highest BCUT2D eigenvalue weighted by Gasteiger charge is 2.13. The van der Waals surface area contributed by atoms with Gasteiger partial charge in [0.05, 0.1) is 24.5 Å². The summed E-state index contributed by atoms with van der Waals surface area (Å²) in [6, 6.07) is 13.7. The van der Waals surface area contributed by atoms with Gasteiger partial charge in [0.2, 0.25) is 5.91 Å². The van der Waals surface area contributed by atoms with Gasteiger partial charge in [-0.15, -0.1) is 0 Å². The van der Waals surface area contributed by atoms with Crippen molar-refractivity contribution in [1.29, 1.82) is 0 Å². The van der Waals surface area contributed by atoms with Crippen LogP contribution in [0.4, 0.5) is 0 Å². The molecule has 2 N–H and O–H groups in total. The molecule has 0 saturated heterocycles. The van der Waals surface area contributed by atoms with Gasteiger partial charge >= 0.3 is 0 Å². The van der Waals surface area contributed by atoms with E-state index in [9.17, 15) is 4.79 Å². The van der Waals surface area contributed by atoms with Crippen molar-refractivity contribution >= 4 is 5.91 Å². The van der Waals surface area contributed by atoms with Gasteiger partial charge in [-0.1, -0.05) is 18.2 Å². The lowest BCUT2D eigenvalue weighted by Gasteiger charge is -2.06. The number of ether oxygens (including phenoxy) is 1. The summed E-state index contributed by atoms with van der Waals surface area (Å²) in [5.74, 6) is -0.0701. The lowest BCUT2D eigenvalue weighted by molar-refractivity contribution is -0.120. The maximum absolute atomic E-state index is 12.1. The van der Waals surface area contributed by atoms with Crippen LogP contribution < -0.4 is 10.6 Å². The number of pyridine rings is 1. The molecular formula is C20H23N5O2. The minimum absolute atomic E-state index is 0.0701. The van der Waals surface area contributed by atoms with Crippen molar-refractivity contribution in [1.82, 2.24) is 25.4 Å². The molecule has 140 valence electrons. The van der Waals surface area contributed by atoms with Gasteiger partial charge in [-0.2, -0.15) is 5.10 Å². The largest absolute Gasteiger partial charge is 0.383 e. The Morgan fingerprint density at radius 3 is 2.67 bits per heavy atom. The predicted octanol–water partition coefficient (Wildman–Crippen LogP) is 1.79. The van der Waals surface area contributed by atoms with Gasteiger partial charge in [-0.3, -0.25) is 9.78 Å². The number of benzene rings is 1. The van der Waals surface area contributed by atoms with E-state index in [1.807, 2.05) is 53.3 Å². The summed E-state index contributed by atoms with van der Waals surface area (Å²) in [4.78, 5) is 16.1. The summed E-state index contributed by atoms with van der Waals surface area (Å²) in [5, 5.41) is 10.7. The lowest BCUT2D eigenvalue weighted by atomic mass is 10.1. The van der Waals surface area contributed by atoms with Crippen LogP contribution in [-0.4, -0.2) is 47.5 Å². The molecule has 0 radical (unpaired) electrons. The van der Waals surface area contributed by atoms with Gasteiger partial charge in [-0.05, 0) is 24.3 Å². The van der Waals surface area contributed by atoms with E-state index in [-0.39, 0.29) is 12.5 Å². The van der Waals surface area contributed by atoms with E-state index in [0.717, 1.165) is 22.5 Å². The third-order valence-corrected chi connectivity index (χ3v) is 4.01. The van der Waals surface area contributed by atoms with E-state index in [4.69, 9.17) is 9.84 Å². The Morgan fingerprint density at radius 1 is 1.15 bits per heavy atom. The molecular weight excluding hydrogens is 342 g/mol. The smallest absolute Gasteiger partial charge is 0.234 e. The first-order valence-electron chi connectivity index (χ1n) is 8.78. The third kappa shape index (κ3) is 5.22. The number of para-hydroxylation sites is 1. The maximum Gasteiger partial charge on any atom is 0.234 e. The highest BCUT2D eigenvalue weighted by molar-refractivity contribution is 5.78. The molecule has 7 heteroatoms. The summed E-state index contributed by atoms with van der Waals surface area (Å²) in [7, 11) is 1.63. The minimum atomic E-state index is -0.0701. The lowest BCUT2D eigenvalue weighted by Crippen LogP contribution is -2.34. The third-order valence-electron chi connectivity index (χ3n) is 4.01. The number of nitrogens with one attached hydrogen (secondary N) is 2. The van der Waals surface area contributed by atoms with E-state index >= 15 is 0 Å². The molecule has 27 heavy (non-hydrogen) atoms. The Balaban J connectivity index is 1.75. The fourth-order valence-corrected chi connectivity index (χ4v) is 2.64. The van der Waals surface area contributed by atoms with Crippen LogP contribution >= 0.6 is 0 Å². The van der Waals surface area contributed by atoms with Crippen LogP contribution in [0, 0.1) is 0 Å². The molecule has 1 aromatic carbocycles. The molecule has 0 aliphatic rings. The molecule has 3 aromatic rings. The van der Waals surface area contributed by atoms with Crippen LogP contribution in [0.5, 0.6) is 0 Å². The summed E-state index contributed by atoms with van der Waals surface area (Å²) in [5.41, 5.74) is 3.69. The average Bonchev–Trinajstić information content (AvgIpc) is 3.15. The number of hydrogen-bond donors (Lipinski definition) is 2. The molecule has 3 rings (SSSR count). The first kappa shape index (κ1) is 18.8. The monoisotopic (exact) mass is 365 g/mol. The molecule has 0 spiro atoms. The van der Waals surface area contributed by atoms with E-state index in [1.54, 1.807) is 19.5 Å². The second kappa shape index (κ2) is 9.61. The Labute approximate surface area is 158 Å². The van der Waals surface area contributed by atoms with Gasteiger partial charge in [0.15, 0.2) is 0 Å². The topological polar surface area (TPSA) is 81.1 Å². The van der Waals surface area contributed by atoms with Crippen LogP contribution in [0.3, 0.4) is 0 Å². The second-order valence-corrected chi connectivity index (χ2v) is 5.97. The standard InChI is InChI=1S/C20H23N5O2/c1-27-12-11-22-14-19(26)23-13-17-15-25(18-5-3-2-4-6-18)24-20(17)16-7-9-21-10-8-16/h2-10,15,22H,11-14H2,1H3,(H,23,26). The van der Waals surface area contributed by atoms with Crippen LogP contribution in [0.15, 0.2) is 61.1 Å². The van der Waals surface area contributed by atoms with Gasteiger partial charge < -0.3 is 15.4 Å². The van der Waals surface area contributed by atoms with E-state index in [0.29, 0.717) is 19.7 Å². The molecule has 2 aromatic heterocycles. The van der Waals surface area contributed by atoms with Gasteiger partial charge in [0, 0.05) is 49.9 Å². The number of aromatic nitrogens is 3. The first-order chi connectivity index (χ1) is 13.3. The van der Waals surface area contributed by atoms with Crippen LogP contribution in [0.2, 0.25) is 0 Å². The predicted molar refractivity (Wildman–Crippen MR) is 103 cm³/mol. The highest BCUT2D eigenvalue weighted by atomic mass is 16.5. The average molecular weight is 365 g/mol. The van der Waals surface area contributed by atoms with Crippen LogP contribution in [-0.2, 0) is 16.1 Å². The van der Waals surface area contributed by atoms with Crippen molar-refractivity contribution in [3.05, 3.63) is 66.6 Å². The Morgan fingerprint density at radius 2 is 1.93 bits per heavy atom. The summed E-state index contributed by atoms with van der Waals surface area (Å²) < 4.78 is 6.78. The number of rotatable bonds is 9. The molecule has 1 amide bonds. The fourth-order valence-electron chi connectivity index (χ4n) is 2.64. The summed E-state index contributed by atoms with van der Waals surface area (Å²) in [6.07, 6.45) is 5.42. The molecule has 0 saturated carbocycles. The van der Waals surface area contributed by atoms with Crippen LogP contribution in [0.25, 0.3) is 16.9 Å². The zero-order valence-electron chi connectivity index (χ0n) is 15.3. The molecule has 0 aliphatic heterocycles. The zero-order chi connectivity index (χ0) is 18.9. The van der Waals surface area contributed by atoms with Crippen molar-refractivity contribution in [2.24, 2.45) is 0 Å². The van der Waals surface area contributed by atoms with Gasteiger partial charge in [0.1, 0.15) is 0 Å². The molecule has 0 bridgehead atoms. The van der Waals surface area contributed by atoms with Crippen molar-refractivity contribution in [2.45, 2.75) is 6.54 Å². The SMILES string of the molecule is COCCNCC(=O)NCc1cn(-c2ccccc2)nc1-c1ccncc1. The molecule has 7 nitrogen and oxygen atoms in total. The fraction of sp³-hybridized carbons (Fsp3) is 0.250. The van der Waals surface area contributed by atoms with Gasteiger partial charge in [-0.25, -0.2) is 4.68 Å². The van der Waals surface area contributed by atoms with E-state index < -0.39 is 0 Å². The van der Waals surface area contributed by atoms with Crippen molar-refractivity contribution in [3.63, 3.8) is 0 Å². The molecule has 0 fully saturated rings. The Kier molecular flexibility index (Phi) is 6.67. The zero-order valence-corrected chi connectivity index (χ0v) is 15.3. The van der Waals surface area contributed by atoms with Crippen molar-refractivity contribution in [3.8, 4) is 16.9 Å². The second-order valence-electron chi connectivity index (χ2n) is 5.97.